The third kappa shape index (κ3) is 3.43. The van der Waals surface area contributed by atoms with Gasteiger partial charge in [-0.2, -0.15) is 0 Å². The molecule has 1 aliphatic carbocycles. The maximum atomic E-state index is 13.6. The van der Waals surface area contributed by atoms with E-state index in [1.54, 1.807) is 16.0 Å². The van der Waals surface area contributed by atoms with Gasteiger partial charge in [0.2, 0.25) is 0 Å². The topological polar surface area (TPSA) is 66.9 Å². The first kappa shape index (κ1) is 20.4. The van der Waals surface area contributed by atoms with Crippen LogP contribution in [0.25, 0.3) is 5.69 Å². The number of allylic oxidation sites excluding steroid dienone is 2. The van der Waals surface area contributed by atoms with Crippen molar-refractivity contribution >= 4 is 38.9 Å². The van der Waals surface area contributed by atoms with Gasteiger partial charge in [-0.05, 0) is 47.7 Å². The number of hydrogen-bond donors (Lipinski definition) is 2. The van der Waals surface area contributed by atoms with Gasteiger partial charge in [0.1, 0.15) is 5.82 Å². The number of H-pyrrole nitrogens is 1. The Labute approximate surface area is 202 Å². The lowest BCUT2D eigenvalue weighted by molar-refractivity contribution is -0.116. The number of ketones is 1. The minimum Gasteiger partial charge on any atom is -0.343 e. The minimum atomic E-state index is -0.408. The number of benzene rings is 2. The first-order valence-corrected chi connectivity index (χ1v) is 12.5. The van der Waals surface area contributed by atoms with E-state index in [9.17, 15) is 9.59 Å². The van der Waals surface area contributed by atoms with Crippen molar-refractivity contribution in [2.75, 3.05) is 5.32 Å². The Balaban J connectivity index is 1.53. The molecule has 2 atom stereocenters. The zero-order valence-electron chi connectivity index (χ0n) is 17.5. The summed E-state index contributed by atoms with van der Waals surface area (Å²) in [6, 6.07) is 21.5. The van der Waals surface area contributed by atoms with Crippen LogP contribution >= 0.6 is 27.3 Å². The molecule has 5 nitrogen and oxygen atoms in total. The number of nitrogens with one attached hydrogen (secondary N) is 2. The number of rotatable bonds is 3. The van der Waals surface area contributed by atoms with Gasteiger partial charge in [-0.3, -0.25) is 14.7 Å². The predicted molar refractivity (Wildman–Crippen MR) is 134 cm³/mol. The Morgan fingerprint density at radius 2 is 1.73 bits per heavy atom. The number of hydrogen-bond acceptors (Lipinski definition) is 4. The molecule has 6 rings (SSSR count). The highest BCUT2D eigenvalue weighted by molar-refractivity contribution is 9.10. The molecule has 0 saturated carbocycles. The van der Waals surface area contributed by atoms with E-state index in [2.05, 4.69) is 37.8 Å². The molecule has 7 heteroatoms. The SMILES string of the molecule is O=C1C[C@@H](c2cccs2)CC2=C1[C@H](c1ccc(Br)cc1)c1c([nH]n(-c3ccccc3)c1=O)N2. The van der Waals surface area contributed by atoms with Crippen LogP contribution in [0.3, 0.4) is 0 Å². The number of fused-ring (bicyclic) bond motifs is 1. The molecule has 0 radical (unpaired) electrons. The van der Waals surface area contributed by atoms with Gasteiger partial charge in [0.25, 0.3) is 5.56 Å². The molecule has 164 valence electrons. The molecule has 33 heavy (non-hydrogen) atoms. The van der Waals surface area contributed by atoms with Gasteiger partial charge in [0.05, 0.1) is 11.3 Å². The number of aromatic amines is 1. The normalized spacial score (nSPS) is 19.7. The van der Waals surface area contributed by atoms with Crippen molar-refractivity contribution < 1.29 is 4.79 Å². The molecule has 0 unspecified atom stereocenters. The smallest absolute Gasteiger partial charge is 0.277 e. The number of para-hydroxylation sites is 1. The molecular weight excluding hydrogens is 498 g/mol. The van der Waals surface area contributed by atoms with Crippen molar-refractivity contribution in [1.82, 2.24) is 9.78 Å². The second-order valence-electron chi connectivity index (χ2n) is 8.42. The number of carbonyl (C=O) groups is 1. The van der Waals surface area contributed by atoms with Gasteiger partial charge in [0, 0.05) is 38.9 Å². The zero-order chi connectivity index (χ0) is 22.5. The number of aromatic nitrogens is 2. The van der Waals surface area contributed by atoms with E-state index in [1.165, 1.54) is 4.88 Å². The van der Waals surface area contributed by atoms with E-state index in [-0.39, 0.29) is 17.3 Å². The summed E-state index contributed by atoms with van der Waals surface area (Å²) in [5.74, 6) is 0.511. The van der Waals surface area contributed by atoms with Crippen LogP contribution in [0.15, 0.2) is 92.6 Å². The summed E-state index contributed by atoms with van der Waals surface area (Å²) in [4.78, 5) is 28.4. The van der Waals surface area contributed by atoms with Crippen LogP contribution < -0.4 is 10.9 Å². The zero-order valence-corrected chi connectivity index (χ0v) is 19.9. The molecule has 2 N–H and O–H groups in total. The standard InChI is InChI=1S/C26H20BrN3O2S/c27-17-10-8-15(9-11-17)22-23-19(13-16(14-20(23)31)21-7-4-12-33-21)28-25-24(22)26(32)30(29-25)18-5-2-1-3-6-18/h1-12,16,22,28-29H,13-14H2/t16-,22-/m0/s1. The van der Waals surface area contributed by atoms with E-state index in [0.717, 1.165) is 27.8 Å². The molecule has 2 aromatic carbocycles. The van der Waals surface area contributed by atoms with Crippen LogP contribution in [0, 0.1) is 0 Å². The van der Waals surface area contributed by atoms with Crippen molar-refractivity contribution in [1.29, 1.82) is 0 Å². The van der Waals surface area contributed by atoms with Gasteiger partial charge in [0.15, 0.2) is 5.78 Å². The summed E-state index contributed by atoms with van der Waals surface area (Å²) < 4.78 is 2.52. The summed E-state index contributed by atoms with van der Waals surface area (Å²) >= 11 is 5.19. The second-order valence-corrected chi connectivity index (χ2v) is 10.3. The lowest BCUT2D eigenvalue weighted by Gasteiger charge is -2.34. The van der Waals surface area contributed by atoms with Crippen molar-refractivity contribution in [3.05, 3.63) is 114 Å². The Bertz CT molecular complexity index is 1430. The molecule has 0 saturated heterocycles. The molecule has 4 aromatic rings. The number of thiophene rings is 1. The van der Waals surface area contributed by atoms with E-state index in [0.29, 0.717) is 23.4 Å². The number of halogens is 1. The van der Waals surface area contributed by atoms with Crippen molar-refractivity contribution in [3.63, 3.8) is 0 Å². The number of anilines is 1. The summed E-state index contributed by atoms with van der Waals surface area (Å²) in [7, 11) is 0. The number of carbonyl (C=O) groups excluding carboxylic acids is 1. The Morgan fingerprint density at radius 1 is 0.939 bits per heavy atom. The maximum absolute atomic E-state index is 13.6. The van der Waals surface area contributed by atoms with E-state index in [1.807, 2.05) is 60.7 Å². The highest BCUT2D eigenvalue weighted by atomic mass is 79.9. The van der Waals surface area contributed by atoms with Gasteiger partial charge in [-0.15, -0.1) is 11.3 Å². The van der Waals surface area contributed by atoms with Gasteiger partial charge in [-0.1, -0.05) is 52.3 Å². The third-order valence-corrected chi connectivity index (χ3v) is 8.01. The van der Waals surface area contributed by atoms with Crippen molar-refractivity contribution in [3.8, 4) is 5.69 Å². The van der Waals surface area contributed by atoms with Crippen molar-refractivity contribution in [2.24, 2.45) is 0 Å². The third-order valence-electron chi connectivity index (χ3n) is 6.45. The monoisotopic (exact) mass is 517 g/mol. The van der Waals surface area contributed by atoms with Crippen LogP contribution in [0.4, 0.5) is 5.82 Å². The molecule has 2 aromatic heterocycles. The second kappa shape index (κ2) is 8.01. The first-order chi connectivity index (χ1) is 16.1. The van der Waals surface area contributed by atoms with E-state index in [4.69, 9.17) is 0 Å². The predicted octanol–water partition coefficient (Wildman–Crippen LogP) is 5.95. The summed E-state index contributed by atoms with van der Waals surface area (Å²) in [6.07, 6.45) is 1.20. The molecule has 0 fully saturated rings. The molecule has 3 heterocycles. The molecule has 0 spiro atoms. The minimum absolute atomic E-state index is 0.104. The number of Topliss-reactive ketones (excluding diaryl/α,β-unsaturated/α-hetero) is 1. The lowest BCUT2D eigenvalue weighted by Crippen LogP contribution is -2.31. The molecule has 0 amide bonds. The van der Waals surface area contributed by atoms with E-state index >= 15 is 0 Å². The van der Waals surface area contributed by atoms with Crippen LogP contribution in [-0.4, -0.2) is 15.6 Å². The quantitative estimate of drug-likeness (QED) is 0.353. The van der Waals surface area contributed by atoms with Crippen molar-refractivity contribution in [2.45, 2.75) is 24.7 Å². The highest BCUT2D eigenvalue weighted by Gasteiger charge is 2.41. The van der Waals surface area contributed by atoms with E-state index < -0.39 is 5.92 Å². The van der Waals surface area contributed by atoms with Gasteiger partial charge in [-0.25, -0.2) is 4.68 Å². The summed E-state index contributed by atoms with van der Waals surface area (Å²) in [5, 5.41) is 8.76. The first-order valence-electron chi connectivity index (χ1n) is 10.8. The van der Waals surface area contributed by atoms with Crippen LogP contribution in [-0.2, 0) is 4.79 Å². The largest absolute Gasteiger partial charge is 0.343 e. The highest BCUT2D eigenvalue weighted by Crippen LogP contribution is 2.47. The maximum Gasteiger partial charge on any atom is 0.277 e. The fourth-order valence-electron chi connectivity index (χ4n) is 4.96. The average molecular weight is 518 g/mol. The number of nitrogens with zero attached hydrogens (tertiary/aromatic N) is 1. The molecule has 0 bridgehead atoms. The molecular formula is C26H20BrN3O2S. The Kier molecular flexibility index (Phi) is 4.96. The van der Waals surface area contributed by atoms with Crippen LogP contribution in [0.5, 0.6) is 0 Å². The summed E-state index contributed by atoms with van der Waals surface area (Å²) in [5.41, 5.74) is 3.77. The molecule has 2 aliphatic rings. The fourth-order valence-corrected chi connectivity index (χ4v) is 6.06. The van der Waals surface area contributed by atoms with Crippen LogP contribution in [0.1, 0.15) is 40.7 Å². The molecule has 1 aliphatic heterocycles. The van der Waals surface area contributed by atoms with Gasteiger partial charge < -0.3 is 5.32 Å². The fraction of sp³-hybridized carbons (Fsp3) is 0.154. The summed E-state index contributed by atoms with van der Waals surface area (Å²) in [6.45, 7) is 0. The Hall–Kier alpha value is -3.16. The lowest BCUT2D eigenvalue weighted by atomic mass is 9.74. The average Bonchev–Trinajstić information content (AvgIpc) is 3.48. The van der Waals surface area contributed by atoms with Crippen LogP contribution in [0.2, 0.25) is 0 Å². The van der Waals surface area contributed by atoms with Gasteiger partial charge >= 0.3 is 0 Å². The Morgan fingerprint density at radius 3 is 2.45 bits per heavy atom.